The maximum Gasteiger partial charge on any atom is 0.292 e. The highest BCUT2D eigenvalue weighted by Gasteiger charge is 2.14. The summed E-state index contributed by atoms with van der Waals surface area (Å²) in [7, 11) is 1.83. The quantitative estimate of drug-likeness (QED) is 0.691. The van der Waals surface area contributed by atoms with Crippen LogP contribution < -0.4 is 5.32 Å². The fourth-order valence-corrected chi connectivity index (χ4v) is 2.18. The molecule has 0 unspecified atom stereocenters. The highest BCUT2D eigenvalue weighted by molar-refractivity contribution is 5.62. The number of anilines is 1. The number of nitriles is 1. The molecule has 108 valence electrons. The minimum atomic E-state index is -0.395. The summed E-state index contributed by atoms with van der Waals surface area (Å²) in [6.45, 7) is 4.17. The van der Waals surface area contributed by atoms with Gasteiger partial charge in [-0.1, -0.05) is 6.07 Å². The van der Waals surface area contributed by atoms with E-state index in [4.69, 9.17) is 5.26 Å². The van der Waals surface area contributed by atoms with E-state index in [0.29, 0.717) is 17.9 Å². The summed E-state index contributed by atoms with van der Waals surface area (Å²) in [5, 5.41) is 23.2. The number of nitro groups is 1. The Balaban J connectivity index is 2.25. The molecule has 2 aromatic rings. The number of hydrogen-bond donors (Lipinski definition) is 1. The van der Waals surface area contributed by atoms with Crippen molar-refractivity contribution >= 4 is 11.4 Å². The van der Waals surface area contributed by atoms with Gasteiger partial charge in [-0.3, -0.25) is 10.1 Å². The van der Waals surface area contributed by atoms with Crippen molar-refractivity contribution in [2.45, 2.75) is 20.4 Å². The number of aryl methyl sites for hydroxylation is 1. The van der Waals surface area contributed by atoms with E-state index in [1.807, 2.05) is 27.0 Å². The highest BCUT2D eigenvalue weighted by atomic mass is 16.6. The molecule has 1 aromatic heterocycles. The first-order chi connectivity index (χ1) is 9.93. The van der Waals surface area contributed by atoms with E-state index >= 15 is 0 Å². The molecule has 0 bridgehead atoms. The van der Waals surface area contributed by atoms with Crippen molar-refractivity contribution in [1.82, 2.24) is 4.57 Å². The molecule has 1 aromatic carbocycles. The van der Waals surface area contributed by atoms with Crippen molar-refractivity contribution in [2.75, 3.05) is 5.32 Å². The molecule has 0 aliphatic rings. The van der Waals surface area contributed by atoms with Gasteiger partial charge in [0.05, 0.1) is 4.92 Å². The van der Waals surface area contributed by atoms with Crippen molar-refractivity contribution in [1.29, 1.82) is 5.26 Å². The Morgan fingerprint density at radius 3 is 2.67 bits per heavy atom. The average Bonchev–Trinajstić information content (AvgIpc) is 2.73. The topological polar surface area (TPSA) is 83.9 Å². The smallest absolute Gasteiger partial charge is 0.292 e. The van der Waals surface area contributed by atoms with Gasteiger partial charge < -0.3 is 9.88 Å². The third kappa shape index (κ3) is 2.87. The van der Waals surface area contributed by atoms with E-state index in [2.05, 4.69) is 11.4 Å². The molecule has 6 nitrogen and oxygen atoms in total. The van der Waals surface area contributed by atoms with Crippen molar-refractivity contribution in [3.63, 3.8) is 0 Å². The molecule has 6 heteroatoms. The Morgan fingerprint density at radius 1 is 1.38 bits per heavy atom. The lowest BCUT2D eigenvalue weighted by atomic mass is 10.2. The fraction of sp³-hybridized carbons (Fsp3) is 0.267. The Bertz CT molecular complexity index is 741. The molecule has 0 saturated carbocycles. The van der Waals surface area contributed by atoms with Gasteiger partial charge in [-0.2, -0.15) is 5.26 Å². The molecule has 0 atom stereocenters. The second kappa shape index (κ2) is 5.67. The molecular formula is C15H16N4O2. The van der Waals surface area contributed by atoms with Crippen LogP contribution in [-0.4, -0.2) is 9.49 Å². The zero-order valence-corrected chi connectivity index (χ0v) is 12.2. The first-order valence-corrected chi connectivity index (χ1v) is 6.48. The minimum absolute atomic E-state index is 0.0593. The van der Waals surface area contributed by atoms with Crippen molar-refractivity contribution in [3.8, 4) is 6.07 Å². The molecule has 21 heavy (non-hydrogen) atoms. The number of nitro benzene ring substituents is 1. The number of benzene rings is 1. The molecule has 0 amide bonds. The lowest BCUT2D eigenvalue weighted by Gasteiger charge is -2.08. The molecule has 1 heterocycles. The van der Waals surface area contributed by atoms with Crippen LogP contribution in [-0.2, 0) is 13.6 Å². The predicted molar refractivity (Wildman–Crippen MR) is 80.0 cm³/mol. The van der Waals surface area contributed by atoms with Gasteiger partial charge in [-0.25, -0.2) is 0 Å². The van der Waals surface area contributed by atoms with E-state index in [-0.39, 0.29) is 5.69 Å². The van der Waals surface area contributed by atoms with Crippen LogP contribution in [0.2, 0.25) is 0 Å². The van der Waals surface area contributed by atoms with Crippen LogP contribution in [0.15, 0.2) is 24.3 Å². The summed E-state index contributed by atoms with van der Waals surface area (Å²) in [5.74, 6) is 0. The van der Waals surface area contributed by atoms with E-state index in [1.165, 1.54) is 0 Å². The molecule has 2 rings (SSSR count). The Kier molecular flexibility index (Phi) is 3.94. The van der Waals surface area contributed by atoms with Crippen LogP contribution >= 0.6 is 0 Å². The molecule has 0 aliphatic carbocycles. The van der Waals surface area contributed by atoms with Gasteiger partial charge >= 0.3 is 0 Å². The standard InChI is InChI=1S/C15H16N4O2/c1-10-4-5-14(15(6-10)19(20)21)17-9-12-7-13(8-16)18(3)11(12)2/h4-7,17H,9H2,1-3H3. The lowest BCUT2D eigenvalue weighted by Crippen LogP contribution is -2.04. The number of nitrogens with one attached hydrogen (secondary N) is 1. The Morgan fingerprint density at radius 2 is 2.10 bits per heavy atom. The van der Waals surface area contributed by atoms with Crippen LogP contribution in [0.25, 0.3) is 0 Å². The molecule has 0 fully saturated rings. The zero-order chi connectivity index (χ0) is 15.6. The van der Waals surface area contributed by atoms with Gasteiger partial charge in [0, 0.05) is 25.4 Å². The summed E-state index contributed by atoms with van der Waals surface area (Å²) in [6, 6.07) is 8.99. The third-order valence-corrected chi connectivity index (χ3v) is 3.57. The summed E-state index contributed by atoms with van der Waals surface area (Å²) in [4.78, 5) is 10.7. The summed E-state index contributed by atoms with van der Waals surface area (Å²) < 4.78 is 1.81. The van der Waals surface area contributed by atoms with E-state index < -0.39 is 4.92 Å². The zero-order valence-electron chi connectivity index (χ0n) is 12.2. The van der Waals surface area contributed by atoms with Gasteiger partial charge in [0.1, 0.15) is 17.5 Å². The first kappa shape index (κ1) is 14.6. The number of aromatic nitrogens is 1. The van der Waals surface area contributed by atoms with E-state index in [0.717, 1.165) is 16.8 Å². The maximum atomic E-state index is 11.1. The number of nitrogens with zero attached hydrogens (tertiary/aromatic N) is 3. The second-order valence-corrected chi connectivity index (χ2v) is 4.94. The van der Waals surface area contributed by atoms with Gasteiger partial charge in [-0.05, 0) is 37.1 Å². The summed E-state index contributed by atoms with van der Waals surface area (Å²) in [5.41, 5.74) is 3.87. The SMILES string of the molecule is Cc1ccc(NCc2cc(C#N)n(C)c2C)c([N+](=O)[O-])c1. The first-order valence-electron chi connectivity index (χ1n) is 6.48. The van der Waals surface area contributed by atoms with Gasteiger partial charge in [-0.15, -0.1) is 0 Å². The monoisotopic (exact) mass is 284 g/mol. The largest absolute Gasteiger partial charge is 0.375 e. The van der Waals surface area contributed by atoms with Crippen molar-refractivity contribution in [2.24, 2.45) is 7.05 Å². The lowest BCUT2D eigenvalue weighted by molar-refractivity contribution is -0.384. The summed E-state index contributed by atoms with van der Waals surface area (Å²) >= 11 is 0. The molecule has 0 saturated heterocycles. The van der Waals surface area contributed by atoms with Gasteiger partial charge in [0.2, 0.25) is 0 Å². The molecule has 1 N–H and O–H groups in total. The van der Waals surface area contributed by atoms with E-state index in [9.17, 15) is 10.1 Å². The Hall–Kier alpha value is -2.81. The summed E-state index contributed by atoms with van der Waals surface area (Å²) in [6.07, 6.45) is 0. The molecular weight excluding hydrogens is 268 g/mol. The number of rotatable bonds is 4. The molecule has 0 spiro atoms. The van der Waals surface area contributed by atoms with Crippen LogP contribution in [0, 0.1) is 35.3 Å². The van der Waals surface area contributed by atoms with Crippen LogP contribution in [0.1, 0.15) is 22.5 Å². The minimum Gasteiger partial charge on any atom is -0.375 e. The normalized spacial score (nSPS) is 10.2. The van der Waals surface area contributed by atoms with Gasteiger partial charge in [0.25, 0.3) is 5.69 Å². The van der Waals surface area contributed by atoms with E-state index in [1.54, 1.807) is 22.8 Å². The molecule has 0 aliphatic heterocycles. The fourth-order valence-electron chi connectivity index (χ4n) is 2.18. The predicted octanol–water partition coefficient (Wildman–Crippen LogP) is 3.03. The van der Waals surface area contributed by atoms with Crippen LogP contribution in [0.5, 0.6) is 0 Å². The highest BCUT2D eigenvalue weighted by Crippen LogP contribution is 2.26. The van der Waals surface area contributed by atoms with Crippen molar-refractivity contribution in [3.05, 3.63) is 56.9 Å². The van der Waals surface area contributed by atoms with Gasteiger partial charge in [0.15, 0.2) is 0 Å². The third-order valence-electron chi connectivity index (χ3n) is 3.57. The van der Waals surface area contributed by atoms with Crippen LogP contribution in [0.3, 0.4) is 0 Å². The van der Waals surface area contributed by atoms with Crippen LogP contribution in [0.4, 0.5) is 11.4 Å². The number of hydrogen-bond acceptors (Lipinski definition) is 4. The maximum absolute atomic E-state index is 11.1. The second-order valence-electron chi connectivity index (χ2n) is 4.94. The molecule has 0 radical (unpaired) electrons. The van der Waals surface area contributed by atoms with Crippen molar-refractivity contribution < 1.29 is 4.92 Å². The Labute approximate surface area is 122 Å². The average molecular weight is 284 g/mol.